The van der Waals surface area contributed by atoms with E-state index in [0.717, 1.165) is 16.1 Å². The van der Waals surface area contributed by atoms with E-state index in [2.05, 4.69) is 21.2 Å². The first-order valence-corrected chi connectivity index (χ1v) is 6.09. The summed E-state index contributed by atoms with van der Waals surface area (Å²) < 4.78 is 27.2. The summed E-state index contributed by atoms with van der Waals surface area (Å²) >= 11 is 3.40. The van der Waals surface area contributed by atoms with Crippen LogP contribution in [0.2, 0.25) is 0 Å². The molecule has 0 unspecified atom stereocenters. The summed E-state index contributed by atoms with van der Waals surface area (Å²) in [6.45, 7) is 0.425. The number of hydrogen-bond donors (Lipinski definition) is 2. The fourth-order valence-electron chi connectivity index (χ4n) is 1.56. The predicted octanol–water partition coefficient (Wildman–Crippen LogP) is 3.92. The zero-order chi connectivity index (χ0) is 13.1. The Morgan fingerprint density at radius 1 is 1.17 bits per heavy atom. The highest BCUT2D eigenvalue weighted by Crippen LogP contribution is 2.25. The lowest BCUT2D eigenvalue weighted by Gasteiger charge is -2.11. The summed E-state index contributed by atoms with van der Waals surface area (Å²) in [5.41, 5.74) is 6.68. The molecule has 0 aliphatic heterocycles. The summed E-state index contributed by atoms with van der Waals surface area (Å²) in [4.78, 5) is 0. The maximum absolute atomic E-state index is 13.2. The highest BCUT2D eigenvalue weighted by Gasteiger charge is 2.08. The molecular weight excluding hydrogens is 302 g/mol. The van der Waals surface area contributed by atoms with E-state index in [9.17, 15) is 8.78 Å². The molecule has 0 saturated carbocycles. The largest absolute Gasteiger partial charge is 0.395 e. The number of nitrogens with one attached hydrogen (secondary N) is 1. The van der Waals surface area contributed by atoms with Crippen LogP contribution in [0.15, 0.2) is 40.9 Å². The minimum atomic E-state index is -0.760. The summed E-state index contributed by atoms with van der Waals surface area (Å²) in [6.07, 6.45) is 0. The van der Waals surface area contributed by atoms with E-state index < -0.39 is 11.6 Å². The van der Waals surface area contributed by atoms with E-state index in [1.165, 1.54) is 6.07 Å². The van der Waals surface area contributed by atoms with Crippen molar-refractivity contribution in [1.29, 1.82) is 0 Å². The summed E-state index contributed by atoms with van der Waals surface area (Å²) in [6, 6.07) is 9.52. The number of rotatable bonds is 3. The second-order valence-electron chi connectivity index (χ2n) is 3.79. The minimum absolute atomic E-state index is 0.0801. The van der Waals surface area contributed by atoms with E-state index >= 15 is 0 Å². The third-order valence-corrected chi connectivity index (χ3v) is 3.30. The molecule has 2 nitrogen and oxygen atoms in total. The Hall–Kier alpha value is -1.62. The van der Waals surface area contributed by atoms with Crippen molar-refractivity contribution >= 4 is 27.3 Å². The van der Waals surface area contributed by atoms with Crippen LogP contribution in [-0.2, 0) is 6.54 Å². The van der Waals surface area contributed by atoms with Gasteiger partial charge in [0.2, 0.25) is 0 Å². The highest BCUT2D eigenvalue weighted by molar-refractivity contribution is 9.10. The van der Waals surface area contributed by atoms with E-state index in [4.69, 9.17) is 5.73 Å². The second-order valence-corrected chi connectivity index (χ2v) is 4.65. The molecule has 3 N–H and O–H groups in total. The first-order chi connectivity index (χ1) is 8.58. The molecule has 2 rings (SSSR count). The van der Waals surface area contributed by atoms with Crippen molar-refractivity contribution in [2.75, 3.05) is 11.1 Å². The third-order valence-electron chi connectivity index (χ3n) is 2.52. The van der Waals surface area contributed by atoms with Gasteiger partial charge in [-0.25, -0.2) is 8.78 Å². The third kappa shape index (κ3) is 2.79. The lowest BCUT2D eigenvalue weighted by atomic mass is 10.2. The smallest absolute Gasteiger partial charge is 0.151 e. The van der Waals surface area contributed by atoms with E-state index in [-0.39, 0.29) is 11.4 Å². The average molecular weight is 313 g/mol. The van der Waals surface area contributed by atoms with Gasteiger partial charge in [-0.05, 0) is 17.7 Å². The molecule has 0 saturated heterocycles. The molecule has 0 spiro atoms. The van der Waals surface area contributed by atoms with Gasteiger partial charge in [-0.2, -0.15) is 0 Å². The lowest BCUT2D eigenvalue weighted by molar-refractivity contribution is 0.587. The molecule has 0 aliphatic carbocycles. The SMILES string of the molecule is Nc1c(F)cc(F)cc1NCc1ccccc1Br. The number of nitrogen functional groups attached to an aromatic ring is 1. The van der Waals surface area contributed by atoms with E-state index in [0.29, 0.717) is 6.54 Å². The van der Waals surface area contributed by atoms with Crippen LogP contribution < -0.4 is 11.1 Å². The van der Waals surface area contributed by atoms with Gasteiger partial charge in [-0.1, -0.05) is 34.1 Å². The van der Waals surface area contributed by atoms with Gasteiger partial charge in [0, 0.05) is 17.1 Å². The molecule has 0 radical (unpaired) electrons. The van der Waals surface area contributed by atoms with Crippen LogP contribution in [0, 0.1) is 11.6 Å². The fraction of sp³-hybridized carbons (Fsp3) is 0.0769. The van der Waals surface area contributed by atoms with Gasteiger partial charge in [0.05, 0.1) is 11.4 Å². The Morgan fingerprint density at radius 3 is 2.61 bits per heavy atom. The fourth-order valence-corrected chi connectivity index (χ4v) is 1.99. The summed E-state index contributed by atoms with van der Waals surface area (Å²) in [7, 11) is 0. The number of benzene rings is 2. The first kappa shape index (κ1) is 12.8. The quantitative estimate of drug-likeness (QED) is 0.843. The molecule has 18 heavy (non-hydrogen) atoms. The molecule has 0 amide bonds. The van der Waals surface area contributed by atoms with Gasteiger partial charge in [-0.15, -0.1) is 0 Å². The first-order valence-electron chi connectivity index (χ1n) is 5.29. The molecular formula is C13H11BrF2N2. The van der Waals surface area contributed by atoms with Crippen molar-refractivity contribution in [3.8, 4) is 0 Å². The average Bonchev–Trinajstić information content (AvgIpc) is 2.33. The van der Waals surface area contributed by atoms with Crippen molar-refractivity contribution in [3.05, 3.63) is 58.1 Å². The molecule has 0 atom stereocenters. The van der Waals surface area contributed by atoms with Gasteiger partial charge < -0.3 is 11.1 Å². The van der Waals surface area contributed by atoms with Gasteiger partial charge in [0.1, 0.15) is 5.82 Å². The van der Waals surface area contributed by atoms with E-state index in [1.54, 1.807) is 0 Å². The minimum Gasteiger partial charge on any atom is -0.395 e. The van der Waals surface area contributed by atoms with Crippen LogP contribution in [0.1, 0.15) is 5.56 Å². The zero-order valence-electron chi connectivity index (χ0n) is 9.38. The Labute approximate surface area is 112 Å². The molecule has 2 aromatic rings. The zero-order valence-corrected chi connectivity index (χ0v) is 11.0. The molecule has 0 aliphatic rings. The van der Waals surface area contributed by atoms with Crippen LogP contribution in [0.25, 0.3) is 0 Å². The van der Waals surface area contributed by atoms with Gasteiger partial charge in [0.15, 0.2) is 5.82 Å². The molecule has 0 heterocycles. The summed E-state index contributed by atoms with van der Waals surface area (Å²) in [5, 5.41) is 2.92. The number of anilines is 2. The van der Waals surface area contributed by atoms with Crippen molar-refractivity contribution < 1.29 is 8.78 Å². The second kappa shape index (κ2) is 5.35. The molecule has 0 fully saturated rings. The number of hydrogen-bond acceptors (Lipinski definition) is 2. The maximum atomic E-state index is 13.2. The molecule has 5 heteroatoms. The van der Waals surface area contributed by atoms with Crippen molar-refractivity contribution in [3.63, 3.8) is 0 Å². The van der Waals surface area contributed by atoms with Gasteiger partial charge in [0.25, 0.3) is 0 Å². The molecule has 0 aromatic heterocycles. The topological polar surface area (TPSA) is 38.0 Å². The Bertz CT molecular complexity index is 573. The Morgan fingerprint density at radius 2 is 1.89 bits per heavy atom. The molecule has 2 aromatic carbocycles. The van der Waals surface area contributed by atoms with Crippen LogP contribution in [0.5, 0.6) is 0 Å². The van der Waals surface area contributed by atoms with Crippen molar-refractivity contribution in [2.24, 2.45) is 0 Å². The van der Waals surface area contributed by atoms with Crippen LogP contribution in [-0.4, -0.2) is 0 Å². The van der Waals surface area contributed by atoms with Crippen LogP contribution in [0.4, 0.5) is 20.2 Å². The lowest BCUT2D eigenvalue weighted by Crippen LogP contribution is -2.05. The highest BCUT2D eigenvalue weighted by atomic mass is 79.9. The predicted molar refractivity (Wildman–Crippen MR) is 72.2 cm³/mol. The number of halogens is 3. The summed E-state index contributed by atoms with van der Waals surface area (Å²) in [5.74, 6) is -1.42. The van der Waals surface area contributed by atoms with Gasteiger partial charge in [-0.3, -0.25) is 0 Å². The number of nitrogens with two attached hydrogens (primary N) is 1. The standard InChI is InChI=1S/C13H11BrF2N2/c14-10-4-2-1-3-8(10)7-18-12-6-9(15)5-11(16)13(12)17/h1-6,18H,7,17H2. The maximum Gasteiger partial charge on any atom is 0.151 e. The Balaban J connectivity index is 2.18. The Kier molecular flexibility index (Phi) is 3.81. The van der Waals surface area contributed by atoms with Crippen molar-refractivity contribution in [2.45, 2.75) is 6.54 Å². The van der Waals surface area contributed by atoms with Crippen LogP contribution >= 0.6 is 15.9 Å². The normalized spacial score (nSPS) is 10.4. The van der Waals surface area contributed by atoms with Gasteiger partial charge >= 0.3 is 0 Å². The molecule has 0 bridgehead atoms. The monoisotopic (exact) mass is 312 g/mol. The van der Waals surface area contributed by atoms with Crippen molar-refractivity contribution in [1.82, 2.24) is 0 Å². The molecule has 94 valence electrons. The van der Waals surface area contributed by atoms with Crippen LogP contribution in [0.3, 0.4) is 0 Å². The van der Waals surface area contributed by atoms with E-state index in [1.807, 2.05) is 24.3 Å².